The first kappa shape index (κ1) is 19.5. The lowest BCUT2D eigenvalue weighted by atomic mass is 10.1. The van der Waals surface area contributed by atoms with E-state index in [1.165, 1.54) is 12.3 Å². The number of halogens is 1. The van der Waals surface area contributed by atoms with Gasteiger partial charge in [0.1, 0.15) is 16.7 Å². The van der Waals surface area contributed by atoms with Gasteiger partial charge in [-0.1, -0.05) is 11.6 Å². The number of ether oxygens (including phenoxy) is 3. The van der Waals surface area contributed by atoms with Gasteiger partial charge in [0.15, 0.2) is 6.61 Å². The molecule has 1 aromatic heterocycles. The highest BCUT2D eigenvalue weighted by Crippen LogP contribution is 2.29. The SMILES string of the molecule is COc1ccc(OC)c(C(C)NC(=O)COC(=O)c2cccnc2Cl)c1. The maximum atomic E-state index is 12.1. The average Bonchev–Trinajstić information content (AvgIpc) is 2.65. The fourth-order valence-electron chi connectivity index (χ4n) is 2.29. The van der Waals surface area contributed by atoms with Gasteiger partial charge in [-0.3, -0.25) is 4.79 Å². The molecule has 1 N–H and O–H groups in total. The van der Waals surface area contributed by atoms with Gasteiger partial charge in [0.25, 0.3) is 5.91 Å². The predicted octanol–water partition coefficient (Wildman–Crippen LogP) is 2.79. The summed E-state index contributed by atoms with van der Waals surface area (Å²) in [6.45, 7) is 1.34. The molecule has 1 atom stereocenters. The van der Waals surface area contributed by atoms with E-state index >= 15 is 0 Å². The molecule has 1 heterocycles. The Bertz CT molecular complexity index is 797. The highest BCUT2D eigenvalue weighted by Gasteiger charge is 2.18. The number of hydrogen-bond donors (Lipinski definition) is 1. The lowest BCUT2D eigenvalue weighted by Crippen LogP contribution is -2.31. The number of pyridine rings is 1. The van der Waals surface area contributed by atoms with Crippen molar-refractivity contribution in [2.75, 3.05) is 20.8 Å². The molecule has 0 aliphatic rings. The first-order valence-corrected chi connectivity index (χ1v) is 8.13. The molecule has 138 valence electrons. The maximum Gasteiger partial charge on any atom is 0.341 e. The van der Waals surface area contributed by atoms with E-state index in [0.717, 1.165) is 5.56 Å². The van der Waals surface area contributed by atoms with Crippen LogP contribution in [0.15, 0.2) is 36.5 Å². The van der Waals surface area contributed by atoms with Crippen molar-refractivity contribution in [3.63, 3.8) is 0 Å². The molecular formula is C18H19ClN2O5. The van der Waals surface area contributed by atoms with Crippen LogP contribution in [0.2, 0.25) is 5.15 Å². The van der Waals surface area contributed by atoms with Crippen LogP contribution in [0.3, 0.4) is 0 Å². The van der Waals surface area contributed by atoms with E-state index in [1.807, 2.05) is 0 Å². The normalized spacial score (nSPS) is 11.4. The molecule has 0 spiro atoms. The number of aromatic nitrogens is 1. The summed E-state index contributed by atoms with van der Waals surface area (Å²) in [5.74, 6) is 0.0675. The van der Waals surface area contributed by atoms with Crippen LogP contribution in [0.25, 0.3) is 0 Å². The number of nitrogens with zero attached hydrogens (tertiary/aromatic N) is 1. The van der Waals surface area contributed by atoms with Gasteiger partial charge in [-0.05, 0) is 37.3 Å². The number of carbonyl (C=O) groups is 2. The zero-order valence-electron chi connectivity index (χ0n) is 14.6. The van der Waals surface area contributed by atoms with Crippen LogP contribution >= 0.6 is 11.6 Å². The van der Waals surface area contributed by atoms with Crippen molar-refractivity contribution in [1.82, 2.24) is 10.3 Å². The second-order valence-corrected chi connectivity index (χ2v) is 5.67. The smallest absolute Gasteiger partial charge is 0.341 e. The molecule has 2 aromatic rings. The van der Waals surface area contributed by atoms with Crippen molar-refractivity contribution in [3.05, 3.63) is 52.8 Å². The third kappa shape index (κ3) is 4.86. The molecule has 26 heavy (non-hydrogen) atoms. The maximum absolute atomic E-state index is 12.1. The molecular weight excluding hydrogens is 360 g/mol. The van der Waals surface area contributed by atoms with Gasteiger partial charge in [-0.25, -0.2) is 9.78 Å². The van der Waals surface area contributed by atoms with E-state index in [0.29, 0.717) is 11.5 Å². The highest BCUT2D eigenvalue weighted by molar-refractivity contribution is 6.32. The lowest BCUT2D eigenvalue weighted by molar-refractivity contribution is -0.124. The first-order chi connectivity index (χ1) is 12.5. The van der Waals surface area contributed by atoms with Gasteiger partial charge < -0.3 is 19.5 Å². The van der Waals surface area contributed by atoms with Crippen molar-refractivity contribution < 1.29 is 23.8 Å². The molecule has 2 rings (SSSR count). The molecule has 0 aliphatic carbocycles. The molecule has 1 unspecified atom stereocenters. The Morgan fingerprint density at radius 3 is 2.65 bits per heavy atom. The Hall–Kier alpha value is -2.80. The summed E-state index contributed by atoms with van der Waals surface area (Å²) < 4.78 is 15.5. The van der Waals surface area contributed by atoms with E-state index in [4.69, 9.17) is 25.8 Å². The molecule has 0 saturated carbocycles. The van der Waals surface area contributed by atoms with Crippen molar-refractivity contribution in [1.29, 1.82) is 0 Å². The second kappa shape index (κ2) is 9.05. The Morgan fingerprint density at radius 2 is 2.00 bits per heavy atom. The summed E-state index contributed by atoms with van der Waals surface area (Å²) in [4.78, 5) is 27.8. The van der Waals surface area contributed by atoms with Gasteiger partial charge >= 0.3 is 5.97 Å². The van der Waals surface area contributed by atoms with Crippen LogP contribution < -0.4 is 14.8 Å². The van der Waals surface area contributed by atoms with Crippen LogP contribution in [-0.4, -0.2) is 37.7 Å². The molecule has 0 bridgehead atoms. The summed E-state index contributed by atoms with van der Waals surface area (Å²) in [5.41, 5.74) is 0.839. The van der Waals surface area contributed by atoms with Crippen LogP contribution in [-0.2, 0) is 9.53 Å². The number of hydrogen-bond acceptors (Lipinski definition) is 6. The van der Waals surface area contributed by atoms with Crippen LogP contribution in [0, 0.1) is 0 Å². The Morgan fingerprint density at radius 1 is 1.23 bits per heavy atom. The Balaban J connectivity index is 1.97. The summed E-state index contributed by atoms with van der Waals surface area (Å²) in [6, 6.07) is 7.93. The standard InChI is InChI=1S/C18H19ClN2O5/c1-11(14-9-12(24-2)6-7-15(14)25-3)21-16(22)10-26-18(23)13-5-4-8-20-17(13)19/h4-9,11H,10H2,1-3H3,(H,21,22). The molecule has 1 aromatic carbocycles. The van der Waals surface area contributed by atoms with Crippen molar-refractivity contribution in [2.45, 2.75) is 13.0 Å². The van der Waals surface area contributed by atoms with Gasteiger partial charge in [-0.2, -0.15) is 0 Å². The van der Waals surface area contributed by atoms with E-state index in [1.54, 1.807) is 45.4 Å². The van der Waals surface area contributed by atoms with Gasteiger partial charge in [0.05, 0.1) is 25.8 Å². The number of esters is 1. The third-order valence-electron chi connectivity index (χ3n) is 3.59. The summed E-state index contributed by atoms with van der Waals surface area (Å²) in [5, 5.41) is 2.76. The van der Waals surface area contributed by atoms with Crippen molar-refractivity contribution in [2.24, 2.45) is 0 Å². The zero-order valence-corrected chi connectivity index (χ0v) is 15.4. The third-order valence-corrected chi connectivity index (χ3v) is 3.90. The van der Waals surface area contributed by atoms with Crippen molar-refractivity contribution in [3.8, 4) is 11.5 Å². The molecule has 1 amide bonds. The fourth-order valence-corrected chi connectivity index (χ4v) is 2.48. The number of benzene rings is 1. The van der Waals surface area contributed by atoms with E-state index in [9.17, 15) is 9.59 Å². The van der Waals surface area contributed by atoms with Crippen LogP contribution in [0.1, 0.15) is 28.9 Å². The lowest BCUT2D eigenvalue weighted by Gasteiger charge is -2.18. The van der Waals surface area contributed by atoms with Crippen LogP contribution in [0.4, 0.5) is 0 Å². The summed E-state index contributed by atoms with van der Waals surface area (Å²) >= 11 is 5.82. The highest BCUT2D eigenvalue weighted by atomic mass is 35.5. The van der Waals surface area contributed by atoms with Crippen molar-refractivity contribution >= 4 is 23.5 Å². The molecule has 0 fully saturated rings. The molecule has 0 radical (unpaired) electrons. The second-order valence-electron chi connectivity index (χ2n) is 5.31. The van der Waals surface area contributed by atoms with Gasteiger partial charge in [-0.15, -0.1) is 0 Å². The minimum Gasteiger partial charge on any atom is -0.497 e. The minimum absolute atomic E-state index is 0.0207. The number of rotatable bonds is 7. The molecule has 8 heteroatoms. The van der Waals surface area contributed by atoms with E-state index in [2.05, 4.69) is 10.3 Å². The largest absolute Gasteiger partial charge is 0.497 e. The minimum atomic E-state index is -0.718. The quantitative estimate of drug-likeness (QED) is 0.589. The van der Waals surface area contributed by atoms with Crippen LogP contribution in [0.5, 0.6) is 11.5 Å². The summed E-state index contributed by atoms with van der Waals surface area (Å²) in [6.07, 6.45) is 1.45. The zero-order chi connectivity index (χ0) is 19.1. The van der Waals surface area contributed by atoms with E-state index in [-0.39, 0.29) is 16.8 Å². The number of carbonyl (C=O) groups excluding carboxylic acids is 2. The fraction of sp³-hybridized carbons (Fsp3) is 0.278. The molecule has 0 saturated heterocycles. The average molecular weight is 379 g/mol. The van der Waals surface area contributed by atoms with E-state index < -0.39 is 18.5 Å². The topological polar surface area (TPSA) is 86.8 Å². The molecule has 0 aliphatic heterocycles. The Kier molecular flexibility index (Phi) is 6.80. The number of nitrogens with one attached hydrogen (secondary N) is 1. The van der Waals surface area contributed by atoms with Gasteiger partial charge in [0.2, 0.25) is 0 Å². The first-order valence-electron chi connectivity index (χ1n) is 7.75. The van der Waals surface area contributed by atoms with Gasteiger partial charge in [0, 0.05) is 11.8 Å². The number of methoxy groups -OCH3 is 2. The predicted molar refractivity (Wildman–Crippen MR) is 95.6 cm³/mol. The number of amides is 1. The Labute approximate surface area is 156 Å². The summed E-state index contributed by atoms with van der Waals surface area (Å²) in [7, 11) is 3.09. The molecule has 7 nitrogen and oxygen atoms in total. The monoisotopic (exact) mass is 378 g/mol.